The predicted molar refractivity (Wildman–Crippen MR) is 109 cm³/mol. The van der Waals surface area contributed by atoms with E-state index in [2.05, 4.69) is 5.32 Å². The number of carbonyl (C=O) groups is 2. The summed E-state index contributed by atoms with van der Waals surface area (Å²) >= 11 is 0. The Kier molecular flexibility index (Phi) is 6.31. The zero-order valence-electron chi connectivity index (χ0n) is 16.6. The van der Waals surface area contributed by atoms with Crippen molar-refractivity contribution in [1.29, 1.82) is 0 Å². The molecule has 3 rings (SSSR count). The van der Waals surface area contributed by atoms with Crippen molar-refractivity contribution in [3.63, 3.8) is 0 Å². The summed E-state index contributed by atoms with van der Waals surface area (Å²) in [6.45, 7) is 2.46. The van der Waals surface area contributed by atoms with Crippen molar-refractivity contribution in [3.05, 3.63) is 69.4 Å². The average molecular weight is 411 g/mol. The maximum atomic E-state index is 12.3. The Morgan fingerprint density at radius 1 is 1.13 bits per heavy atom. The highest BCUT2D eigenvalue weighted by molar-refractivity contribution is 6.13. The van der Waals surface area contributed by atoms with Crippen LogP contribution in [-0.2, 0) is 11.4 Å². The lowest BCUT2D eigenvalue weighted by molar-refractivity contribution is -0.384. The van der Waals surface area contributed by atoms with Crippen LogP contribution in [0.3, 0.4) is 0 Å². The maximum absolute atomic E-state index is 12.3. The van der Waals surface area contributed by atoms with E-state index in [0.29, 0.717) is 30.0 Å². The van der Waals surface area contributed by atoms with Gasteiger partial charge in [0.05, 0.1) is 12.0 Å². The van der Waals surface area contributed by atoms with Crippen molar-refractivity contribution in [1.82, 2.24) is 10.2 Å². The van der Waals surface area contributed by atoms with E-state index in [0.717, 1.165) is 5.56 Å². The quantitative estimate of drug-likeness (QED) is 0.308. The number of nitrogens with one attached hydrogen (secondary N) is 1. The fourth-order valence-electron chi connectivity index (χ4n) is 2.93. The van der Waals surface area contributed by atoms with Gasteiger partial charge in [-0.2, -0.15) is 0 Å². The van der Waals surface area contributed by atoms with E-state index in [4.69, 9.17) is 9.47 Å². The van der Waals surface area contributed by atoms with Crippen molar-refractivity contribution in [2.45, 2.75) is 20.0 Å². The molecule has 1 aliphatic heterocycles. The Morgan fingerprint density at radius 2 is 1.87 bits per heavy atom. The van der Waals surface area contributed by atoms with Crippen LogP contribution in [0.4, 0.5) is 10.5 Å². The standard InChI is InChI=1S/C21H21N3O6/c1-3-10-23-20(25)17(22-21(23)26)11-15-6-9-18(19(12-15)29-2)30-13-14-4-7-16(8-5-14)24(27)28/h4-9,11-12H,3,10,13H2,1-2H3,(H,22,26)/b17-11+. The SMILES string of the molecule is CCCN1C(=O)N/C(=C/c2ccc(OCc3ccc([N+](=O)[O-])cc3)c(OC)c2)C1=O. The van der Waals surface area contributed by atoms with Gasteiger partial charge in [-0.05, 0) is 47.9 Å². The largest absolute Gasteiger partial charge is 0.493 e. The number of urea groups is 1. The van der Waals surface area contributed by atoms with E-state index in [-0.39, 0.29) is 23.9 Å². The molecule has 0 aliphatic carbocycles. The molecule has 30 heavy (non-hydrogen) atoms. The molecule has 3 amide bonds. The van der Waals surface area contributed by atoms with Gasteiger partial charge in [-0.1, -0.05) is 13.0 Å². The smallest absolute Gasteiger partial charge is 0.329 e. The van der Waals surface area contributed by atoms with Gasteiger partial charge in [0, 0.05) is 18.7 Å². The lowest BCUT2D eigenvalue weighted by Gasteiger charge is -2.11. The summed E-state index contributed by atoms with van der Waals surface area (Å²) in [5.41, 5.74) is 1.65. The number of non-ortho nitro benzene ring substituents is 1. The van der Waals surface area contributed by atoms with E-state index in [1.807, 2.05) is 6.92 Å². The van der Waals surface area contributed by atoms with Crippen LogP contribution in [0.15, 0.2) is 48.2 Å². The number of nitrogens with zero attached hydrogens (tertiary/aromatic N) is 2. The van der Waals surface area contributed by atoms with Crippen molar-refractivity contribution >= 4 is 23.7 Å². The second-order valence-electron chi connectivity index (χ2n) is 6.57. The number of rotatable bonds is 8. The summed E-state index contributed by atoms with van der Waals surface area (Å²) in [7, 11) is 1.50. The van der Waals surface area contributed by atoms with E-state index in [9.17, 15) is 19.7 Å². The van der Waals surface area contributed by atoms with Gasteiger partial charge in [-0.15, -0.1) is 0 Å². The second kappa shape index (κ2) is 9.08. The summed E-state index contributed by atoms with van der Waals surface area (Å²) in [4.78, 5) is 35.7. The monoisotopic (exact) mass is 411 g/mol. The van der Waals surface area contributed by atoms with Gasteiger partial charge in [-0.25, -0.2) is 4.79 Å². The lowest BCUT2D eigenvalue weighted by atomic mass is 10.1. The summed E-state index contributed by atoms with van der Waals surface area (Å²) in [5, 5.41) is 13.3. The van der Waals surface area contributed by atoms with Gasteiger partial charge in [0.1, 0.15) is 12.3 Å². The Labute approximate surface area is 173 Å². The van der Waals surface area contributed by atoms with Gasteiger partial charge in [0.25, 0.3) is 11.6 Å². The first-order valence-corrected chi connectivity index (χ1v) is 9.31. The number of imide groups is 1. The summed E-state index contributed by atoms with van der Waals surface area (Å²) in [6.07, 6.45) is 2.26. The number of hydrogen-bond acceptors (Lipinski definition) is 6. The Hall–Kier alpha value is -3.88. The Morgan fingerprint density at radius 3 is 2.50 bits per heavy atom. The first kappa shape index (κ1) is 20.8. The van der Waals surface area contributed by atoms with Gasteiger partial charge in [-0.3, -0.25) is 19.8 Å². The van der Waals surface area contributed by atoms with Crippen LogP contribution >= 0.6 is 0 Å². The third kappa shape index (κ3) is 4.57. The van der Waals surface area contributed by atoms with E-state index >= 15 is 0 Å². The molecule has 2 aromatic rings. The third-order valence-corrected chi connectivity index (χ3v) is 4.45. The number of benzene rings is 2. The van der Waals surface area contributed by atoms with Crippen LogP contribution in [0.5, 0.6) is 11.5 Å². The average Bonchev–Trinajstić information content (AvgIpc) is 3.00. The molecule has 0 unspecified atom stereocenters. The van der Waals surface area contributed by atoms with Gasteiger partial charge >= 0.3 is 6.03 Å². The molecule has 0 saturated carbocycles. The first-order valence-electron chi connectivity index (χ1n) is 9.31. The molecule has 0 bridgehead atoms. The molecule has 9 nitrogen and oxygen atoms in total. The Bertz CT molecular complexity index is 1000. The third-order valence-electron chi connectivity index (χ3n) is 4.45. The van der Waals surface area contributed by atoms with Gasteiger partial charge < -0.3 is 14.8 Å². The number of nitro groups is 1. The first-order chi connectivity index (χ1) is 14.4. The predicted octanol–water partition coefficient (Wildman–Crippen LogP) is 3.49. The lowest BCUT2D eigenvalue weighted by Crippen LogP contribution is -2.31. The van der Waals surface area contributed by atoms with Crippen molar-refractivity contribution in [2.24, 2.45) is 0 Å². The normalized spacial score (nSPS) is 14.7. The minimum Gasteiger partial charge on any atom is -0.493 e. The molecule has 0 radical (unpaired) electrons. The summed E-state index contributed by atoms with van der Waals surface area (Å²) in [5.74, 6) is 0.570. The van der Waals surface area contributed by atoms with Crippen molar-refractivity contribution < 1.29 is 24.0 Å². The molecular weight excluding hydrogens is 390 g/mol. The topological polar surface area (TPSA) is 111 Å². The Balaban J connectivity index is 1.73. The highest BCUT2D eigenvalue weighted by Gasteiger charge is 2.32. The highest BCUT2D eigenvalue weighted by atomic mass is 16.6. The van der Waals surface area contributed by atoms with Crippen LogP contribution in [0.25, 0.3) is 6.08 Å². The maximum Gasteiger partial charge on any atom is 0.329 e. The number of methoxy groups -OCH3 is 1. The van der Waals surface area contributed by atoms with Crippen LogP contribution in [0, 0.1) is 10.1 Å². The summed E-state index contributed by atoms with van der Waals surface area (Å²) in [6, 6.07) is 10.8. The van der Waals surface area contributed by atoms with Crippen LogP contribution < -0.4 is 14.8 Å². The molecule has 1 saturated heterocycles. The molecule has 1 N–H and O–H groups in total. The van der Waals surface area contributed by atoms with E-state index in [1.165, 1.54) is 24.1 Å². The fourth-order valence-corrected chi connectivity index (χ4v) is 2.93. The number of ether oxygens (including phenoxy) is 2. The number of carbonyl (C=O) groups excluding carboxylic acids is 2. The van der Waals surface area contributed by atoms with Crippen LogP contribution in [0.2, 0.25) is 0 Å². The second-order valence-corrected chi connectivity index (χ2v) is 6.57. The zero-order valence-corrected chi connectivity index (χ0v) is 16.6. The number of amides is 3. The van der Waals surface area contributed by atoms with Crippen molar-refractivity contribution in [2.75, 3.05) is 13.7 Å². The molecule has 1 aliphatic rings. The fraction of sp³-hybridized carbons (Fsp3) is 0.238. The van der Waals surface area contributed by atoms with Crippen LogP contribution in [-0.4, -0.2) is 35.4 Å². The molecule has 0 atom stereocenters. The van der Waals surface area contributed by atoms with Crippen molar-refractivity contribution in [3.8, 4) is 11.5 Å². The van der Waals surface area contributed by atoms with E-state index < -0.39 is 11.0 Å². The zero-order chi connectivity index (χ0) is 21.7. The molecule has 9 heteroatoms. The van der Waals surface area contributed by atoms with Crippen LogP contribution in [0.1, 0.15) is 24.5 Å². The number of nitro benzene ring substituents is 1. The van der Waals surface area contributed by atoms with Gasteiger partial charge in [0.15, 0.2) is 11.5 Å². The minimum absolute atomic E-state index is 0.0137. The highest BCUT2D eigenvalue weighted by Crippen LogP contribution is 2.30. The molecule has 0 spiro atoms. The molecule has 2 aromatic carbocycles. The molecule has 1 heterocycles. The molecule has 156 valence electrons. The number of hydrogen-bond donors (Lipinski definition) is 1. The molecule has 0 aromatic heterocycles. The van der Waals surface area contributed by atoms with Gasteiger partial charge in [0.2, 0.25) is 0 Å². The molecular formula is C21H21N3O6. The minimum atomic E-state index is -0.458. The molecule has 1 fully saturated rings. The summed E-state index contributed by atoms with van der Waals surface area (Å²) < 4.78 is 11.1. The van der Waals surface area contributed by atoms with E-state index in [1.54, 1.807) is 36.4 Å².